The van der Waals surface area contributed by atoms with Crippen LogP contribution in [0.3, 0.4) is 0 Å². The molecule has 0 rings (SSSR count). The Morgan fingerprint density at radius 2 is 1.93 bits per heavy atom. The van der Waals surface area contributed by atoms with Gasteiger partial charge >= 0.3 is 0 Å². The number of carbonyl (C=O) groups excluding carboxylic acids is 2. The molecule has 0 saturated heterocycles. The highest BCUT2D eigenvalue weighted by molar-refractivity contribution is 5.84. The lowest BCUT2D eigenvalue weighted by atomic mass is 10.2. The molecular weight excluding hydrogens is 194 g/mol. The second kappa shape index (κ2) is 7.23. The van der Waals surface area contributed by atoms with Crippen molar-refractivity contribution in [1.82, 2.24) is 10.6 Å². The molecule has 88 valence electrons. The normalized spacial score (nSPS) is 14.3. The molecule has 0 aliphatic heterocycles. The van der Waals surface area contributed by atoms with E-state index in [1.54, 1.807) is 6.92 Å². The monoisotopic (exact) mass is 215 g/mol. The lowest BCUT2D eigenvalue weighted by Crippen LogP contribution is -2.51. The van der Waals surface area contributed by atoms with Crippen molar-refractivity contribution >= 4 is 11.8 Å². The number of rotatable bonds is 7. The van der Waals surface area contributed by atoms with Gasteiger partial charge in [-0.1, -0.05) is 13.8 Å². The maximum absolute atomic E-state index is 11.5. The number of hydrogen-bond donors (Lipinski definition) is 3. The minimum absolute atomic E-state index is 0.100. The predicted molar refractivity (Wildman–Crippen MR) is 59.2 cm³/mol. The highest BCUT2D eigenvalue weighted by atomic mass is 16.2. The summed E-state index contributed by atoms with van der Waals surface area (Å²) in [5.74, 6) is -0.524. The van der Waals surface area contributed by atoms with E-state index in [0.717, 1.165) is 6.42 Å². The van der Waals surface area contributed by atoms with E-state index >= 15 is 0 Å². The molecule has 0 aromatic rings. The van der Waals surface area contributed by atoms with Crippen molar-refractivity contribution in [2.45, 2.75) is 45.7 Å². The summed E-state index contributed by atoms with van der Waals surface area (Å²) in [5.41, 5.74) is 5.16. The molecule has 2 atom stereocenters. The Balaban J connectivity index is 4.04. The molecule has 2 unspecified atom stereocenters. The first-order valence-corrected chi connectivity index (χ1v) is 5.35. The minimum atomic E-state index is -0.438. The van der Waals surface area contributed by atoms with Gasteiger partial charge in [0.2, 0.25) is 11.8 Å². The quantitative estimate of drug-likeness (QED) is 0.548. The third-order valence-electron chi connectivity index (χ3n) is 2.15. The number of hydrogen-bond acceptors (Lipinski definition) is 3. The molecule has 0 aliphatic carbocycles. The van der Waals surface area contributed by atoms with E-state index < -0.39 is 18.0 Å². The van der Waals surface area contributed by atoms with E-state index in [-0.39, 0.29) is 5.91 Å². The average Bonchev–Trinajstić information content (AvgIpc) is 2.21. The molecule has 15 heavy (non-hydrogen) atoms. The Bertz CT molecular complexity index is 219. The maximum atomic E-state index is 11.5. The topological polar surface area (TPSA) is 84.2 Å². The standard InChI is InChI=1S/C10H21N3O2/c1-4-6-12-10(15)7(3)13-8(5-2)9(11)14/h7-8,13H,4-6H2,1-3H3,(H2,11,14)(H,12,15). The molecule has 0 bridgehead atoms. The summed E-state index contributed by atoms with van der Waals surface area (Å²) in [7, 11) is 0. The van der Waals surface area contributed by atoms with Gasteiger partial charge in [0.05, 0.1) is 12.1 Å². The molecule has 2 amide bonds. The van der Waals surface area contributed by atoms with Crippen LogP contribution in [0.4, 0.5) is 0 Å². The Morgan fingerprint density at radius 3 is 2.33 bits per heavy atom. The first-order valence-electron chi connectivity index (χ1n) is 5.35. The van der Waals surface area contributed by atoms with Crippen molar-refractivity contribution in [3.8, 4) is 0 Å². The third-order valence-corrected chi connectivity index (χ3v) is 2.15. The van der Waals surface area contributed by atoms with Crippen LogP contribution in [0.2, 0.25) is 0 Å². The number of carbonyl (C=O) groups is 2. The van der Waals surface area contributed by atoms with Crippen molar-refractivity contribution in [2.75, 3.05) is 6.54 Å². The zero-order valence-corrected chi connectivity index (χ0v) is 9.67. The zero-order chi connectivity index (χ0) is 11.8. The number of amides is 2. The highest BCUT2D eigenvalue weighted by Crippen LogP contribution is 1.93. The molecule has 0 aromatic heterocycles. The smallest absolute Gasteiger partial charge is 0.236 e. The molecule has 0 radical (unpaired) electrons. The van der Waals surface area contributed by atoms with E-state index in [4.69, 9.17) is 5.73 Å². The van der Waals surface area contributed by atoms with Crippen LogP contribution in [0.25, 0.3) is 0 Å². The molecule has 0 aliphatic rings. The average molecular weight is 215 g/mol. The summed E-state index contributed by atoms with van der Waals surface area (Å²) in [5, 5.41) is 5.64. The molecular formula is C10H21N3O2. The molecule has 5 nitrogen and oxygen atoms in total. The summed E-state index contributed by atoms with van der Waals surface area (Å²) in [6, 6.07) is -0.832. The summed E-state index contributed by atoms with van der Waals surface area (Å²) >= 11 is 0. The van der Waals surface area contributed by atoms with Crippen LogP contribution in [0, 0.1) is 0 Å². The Hall–Kier alpha value is -1.10. The van der Waals surface area contributed by atoms with E-state index in [9.17, 15) is 9.59 Å². The van der Waals surface area contributed by atoms with Gasteiger partial charge in [0.25, 0.3) is 0 Å². The number of nitrogens with two attached hydrogens (primary N) is 1. The van der Waals surface area contributed by atoms with Crippen LogP contribution >= 0.6 is 0 Å². The summed E-state index contributed by atoms with van der Waals surface area (Å²) in [6.45, 7) is 6.20. The van der Waals surface area contributed by atoms with Gasteiger partial charge in [-0.25, -0.2) is 0 Å². The molecule has 0 saturated carbocycles. The summed E-state index contributed by atoms with van der Waals surface area (Å²) in [4.78, 5) is 22.4. The van der Waals surface area contributed by atoms with Crippen molar-refractivity contribution in [2.24, 2.45) is 5.73 Å². The van der Waals surface area contributed by atoms with Crippen LogP contribution in [0.15, 0.2) is 0 Å². The molecule has 0 fully saturated rings. The molecule has 5 heteroatoms. The van der Waals surface area contributed by atoms with E-state index in [1.165, 1.54) is 0 Å². The number of primary amides is 1. The molecule has 0 spiro atoms. The van der Waals surface area contributed by atoms with E-state index in [1.807, 2.05) is 13.8 Å². The lowest BCUT2D eigenvalue weighted by Gasteiger charge is -2.19. The van der Waals surface area contributed by atoms with Crippen LogP contribution in [-0.2, 0) is 9.59 Å². The van der Waals surface area contributed by atoms with Crippen molar-refractivity contribution in [3.63, 3.8) is 0 Å². The van der Waals surface area contributed by atoms with Crippen molar-refractivity contribution < 1.29 is 9.59 Å². The molecule has 4 N–H and O–H groups in total. The first-order chi connectivity index (χ1) is 7.02. The van der Waals surface area contributed by atoms with Gasteiger partial charge in [-0.15, -0.1) is 0 Å². The van der Waals surface area contributed by atoms with E-state index in [2.05, 4.69) is 10.6 Å². The van der Waals surface area contributed by atoms with Gasteiger partial charge in [-0.3, -0.25) is 14.9 Å². The molecule has 0 heterocycles. The fourth-order valence-corrected chi connectivity index (χ4v) is 1.18. The van der Waals surface area contributed by atoms with Gasteiger partial charge in [0.15, 0.2) is 0 Å². The fourth-order valence-electron chi connectivity index (χ4n) is 1.18. The Kier molecular flexibility index (Phi) is 6.70. The van der Waals surface area contributed by atoms with Gasteiger partial charge in [0.1, 0.15) is 0 Å². The molecule has 0 aromatic carbocycles. The van der Waals surface area contributed by atoms with Crippen LogP contribution in [0.5, 0.6) is 0 Å². The Labute approximate surface area is 90.8 Å². The van der Waals surface area contributed by atoms with Crippen molar-refractivity contribution in [3.05, 3.63) is 0 Å². The summed E-state index contributed by atoms with van der Waals surface area (Å²) < 4.78 is 0. The largest absolute Gasteiger partial charge is 0.368 e. The maximum Gasteiger partial charge on any atom is 0.236 e. The predicted octanol–water partition coefficient (Wildman–Crippen LogP) is -0.245. The van der Waals surface area contributed by atoms with Crippen LogP contribution in [0.1, 0.15) is 33.6 Å². The van der Waals surface area contributed by atoms with Crippen LogP contribution < -0.4 is 16.4 Å². The zero-order valence-electron chi connectivity index (χ0n) is 9.67. The minimum Gasteiger partial charge on any atom is -0.368 e. The van der Waals surface area contributed by atoms with Crippen molar-refractivity contribution in [1.29, 1.82) is 0 Å². The number of nitrogens with one attached hydrogen (secondary N) is 2. The van der Waals surface area contributed by atoms with Gasteiger partial charge in [-0.2, -0.15) is 0 Å². The van der Waals surface area contributed by atoms with Gasteiger partial charge in [-0.05, 0) is 19.8 Å². The van der Waals surface area contributed by atoms with Gasteiger partial charge < -0.3 is 11.1 Å². The second-order valence-electron chi connectivity index (χ2n) is 3.54. The Morgan fingerprint density at radius 1 is 1.33 bits per heavy atom. The first kappa shape index (κ1) is 13.9. The lowest BCUT2D eigenvalue weighted by molar-refractivity contribution is -0.124. The third kappa shape index (κ3) is 5.37. The fraction of sp³-hybridized carbons (Fsp3) is 0.800. The van der Waals surface area contributed by atoms with Crippen LogP contribution in [-0.4, -0.2) is 30.4 Å². The second-order valence-corrected chi connectivity index (χ2v) is 3.54. The van der Waals surface area contributed by atoms with Gasteiger partial charge in [0, 0.05) is 6.54 Å². The SMILES string of the molecule is CCCNC(=O)C(C)NC(CC)C(N)=O. The van der Waals surface area contributed by atoms with E-state index in [0.29, 0.717) is 13.0 Å². The highest BCUT2D eigenvalue weighted by Gasteiger charge is 2.19. The summed E-state index contributed by atoms with van der Waals surface area (Å²) in [6.07, 6.45) is 1.48.